The number of nitrogens with zero attached hydrogens (tertiary/aromatic N) is 1. The Labute approximate surface area is 157 Å². The van der Waals surface area contributed by atoms with Gasteiger partial charge in [0.2, 0.25) is 0 Å². The summed E-state index contributed by atoms with van der Waals surface area (Å²) in [6, 6.07) is 4.51. The van der Waals surface area contributed by atoms with Crippen LogP contribution in [0.4, 0.5) is 24.5 Å². The summed E-state index contributed by atoms with van der Waals surface area (Å²) in [7, 11) is -3.89. The second-order valence-electron chi connectivity index (χ2n) is 5.89. The van der Waals surface area contributed by atoms with Crippen LogP contribution in [-0.2, 0) is 10.0 Å². The summed E-state index contributed by atoms with van der Waals surface area (Å²) in [6.07, 6.45) is -3.78. The first-order valence-corrected chi connectivity index (χ1v) is 9.30. The Hall–Kier alpha value is -2.55. The molecule has 1 aromatic rings. The van der Waals surface area contributed by atoms with Crippen molar-refractivity contribution in [3.05, 3.63) is 59.2 Å². The molecule has 0 bridgehead atoms. The monoisotopic (exact) mass is 401 g/mol. The molecule has 0 heterocycles. The fourth-order valence-corrected chi connectivity index (χ4v) is 2.60. The smallest absolute Gasteiger partial charge is 0.344 e. The molecule has 0 aliphatic rings. The quantitative estimate of drug-likeness (QED) is 0.524. The molecule has 2 N–H and O–H groups in total. The van der Waals surface area contributed by atoms with E-state index >= 15 is 0 Å². The van der Waals surface area contributed by atoms with Crippen molar-refractivity contribution >= 4 is 27.2 Å². The van der Waals surface area contributed by atoms with Gasteiger partial charge < -0.3 is 5.32 Å². The predicted molar refractivity (Wildman–Crippen MR) is 103 cm³/mol. The Morgan fingerprint density at radius 1 is 1.22 bits per heavy atom. The van der Waals surface area contributed by atoms with E-state index in [-0.39, 0.29) is 22.0 Å². The van der Waals surface area contributed by atoms with Crippen molar-refractivity contribution in [2.45, 2.75) is 33.9 Å². The zero-order valence-electron chi connectivity index (χ0n) is 15.5. The first kappa shape index (κ1) is 22.5. The van der Waals surface area contributed by atoms with Crippen molar-refractivity contribution in [1.29, 1.82) is 0 Å². The fraction of sp³-hybridized carbons (Fsp3) is 0.278. The van der Waals surface area contributed by atoms with Crippen LogP contribution in [0, 0.1) is 6.92 Å². The number of sulfonamides is 1. The minimum atomic E-state index is -4.65. The molecule has 0 aliphatic heterocycles. The molecule has 1 aromatic carbocycles. The number of allylic oxidation sites excluding steroid dienone is 3. The van der Waals surface area contributed by atoms with Gasteiger partial charge in [0, 0.05) is 5.70 Å². The molecule has 0 atom stereocenters. The Kier molecular flexibility index (Phi) is 7.02. The minimum absolute atomic E-state index is 0.0118. The highest BCUT2D eigenvalue weighted by Gasteiger charge is 2.36. The molecule has 0 saturated heterocycles. The molecule has 27 heavy (non-hydrogen) atoms. The molecule has 0 fully saturated rings. The fourth-order valence-electron chi connectivity index (χ4n) is 1.97. The van der Waals surface area contributed by atoms with E-state index in [2.05, 4.69) is 28.2 Å². The van der Waals surface area contributed by atoms with Crippen molar-refractivity contribution in [1.82, 2.24) is 5.32 Å². The van der Waals surface area contributed by atoms with Crippen LogP contribution in [0.15, 0.2) is 58.6 Å². The number of anilines is 1. The van der Waals surface area contributed by atoms with Gasteiger partial charge in [-0.3, -0.25) is 4.72 Å². The lowest BCUT2D eigenvalue weighted by atomic mass is 10.2. The summed E-state index contributed by atoms with van der Waals surface area (Å²) in [5.41, 5.74) is -0.00687. The molecule has 0 radical (unpaired) electrons. The number of benzene rings is 1. The van der Waals surface area contributed by atoms with Gasteiger partial charge in [0.1, 0.15) is 5.84 Å². The molecule has 1 rings (SSSR count). The number of hydrogen-bond acceptors (Lipinski definition) is 3. The van der Waals surface area contributed by atoms with Crippen molar-refractivity contribution in [2.24, 2.45) is 4.99 Å². The lowest BCUT2D eigenvalue weighted by Crippen LogP contribution is -2.30. The van der Waals surface area contributed by atoms with Gasteiger partial charge >= 0.3 is 6.18 Å². The van der Waals surface area contributed by atoms with E-state index in [1.165, 1.54) is 32.9 Å². The molecule has 0 aliphatic carbocycles. The van der Waals surface area contributed by atoms with Crippen molar-refractivity contribution in [3.63, 3.8) is 0 Å². The van der Waals surface area contributed by atoms with Crippen molar-refractivity contribution in [3.8, 4) is 0 Å². The lowest BCUT2D eigenvalue weighted by molar-refractivity contribution is -0.0864. The summed E-state index contributed by atoms with van der Waals surface area (Å²) in [6.45, 7) is 12.7. The SMILES string of the molecule is C=C(C)NC(=Nc1ccc(C)cc1NS(=O)(=O)C(=C)C)/C(=C\C)C(F)(F)F. The zero-order chi connectivity index (χ0) is 21.0. The molecule has 0 amide bonds. The summed E-state index contributed by atoms with van der Waals surface area (Å²) in [4.78, 5) is 3.89. The number of hydrogen-bond donors (Lipinski definition) is 2. The van der Waals surface area contributed by atoms with Gasteiger partial charge in [0.25, 0.3) is 10.0 Å². The predicted octanol–water partition coefficient (Wildman–Crippen LogP) is 4.93. The van der Waals surface area contributed by atoms with Crippen LogP contribution in [0.1, 0.15) is 26.3 Å². The summed E-state index contributed by atoms with van der Waals surface area (Å²) < 4.78 is 66.5. The van der Waals surface area contributed by atoms with Gasteiger partial charge in [-0.25, -0.2) is 13.4 Å². The van der Waals surface area contributed by atoms with Crippen LogP contribution in [0.25, 0.3) is 0 Å². The largest absolute Gasteiger partial charge is 0.419 e. The molecular formula is C18H22F3N3O2S. The Balaban J connectivity index is 3.60. The third-order valence-corrected chi connectivity index (χ3v) is 4.67. The first-order chi connectivity index (χ1) is 12.3. The number of alkyl halides is 3. The van der Waals surface area contributed by atoms with E-state index in [0.717, 1.165) is 6.08 Å². The maximum Gasteiger partial charge on any atom is 0.419 e. The average Bonchev–Trinajstić information content (AvgIpc) is 2.48. The standard InChI is InChI=1S/C18H22F3N3O2S/c1-7-14(18(19,20)21)17(22-11(2)3)23-15-9-8-13(6)10-16(15)24-27(25,26)12(4)5/h7-10,24H,2,4H2,1,3,5-6H3,(H,22,23)/b14-7+. The second kappa shape index (κ2) is 8.43. The van der Waals surface area contributed by atoms with Crippen LogP contribution >= 0.6 is 0 Å². The minimum Gasteiger partial charge on any atom is -0.344 e. The Morgan fingerprint density at radius 3 is 2.26 bits per heavy atom. The Morgan fingerprint density at radius 2 is 1.81 bits per heavy atom. The van der Waals surface area contributed by atoms with E-state index in [1.807, 2.05) is 0 Å². The van der Waals surface area contributed by atoms with Gasteiger partial charge in [0.05, 0.1) is 21.9 Å². The third-order valence-electron chi connectivity index (χ3n) is 3.27. The summed E-state index contributed by atoms with van der Waals surface area (Å²) in [5, 5.41) is 2.49. The summed E-state index contributed by atoms with van der Waals surface area (Å²) in [5.74, 6) is -0.489. The normalized spacial score (nSPS) is 13.3. The van der Waals surface area contributed by atoms with Crippen LogP contribution in [0.5, 0.6) is 0 Å². The van der Waals surface area contributed by atoms with Gasteiger partial charge in [0.15, 0.2) is 0 Å². The van der Waals surface area contributed by atoms with Crippen LogP contribution in [0.2, 0.25) is 0 Å². The highest BCUT2D eigenvalue weighted by molar-refractivity contribution is 7.96. The molecule has 0 saturated carbocycles. The number of aliphatic imine (C=N–C) groups is 1. The first-order valence-electron chi connectivity index (χ1n) is 7.82. The van der Waals surface area contributed by atoms with E-state index in [9.17, 15) is 21.6 Å². The number of amidine groups is 1. The van der Waals surface area contributed by atoms with Gasteiger partial charge in [-0.1, -0.05) is 25.3 Å². The average molecular weight is 401 g/mol. The van der Waals surface area contributed by atoms with E-state index < -0.39 is 27.6 Å². The number of aryl methyl sites for hydroxylation is 1. The van der Waals surface area contributed by atoms with E-state index in [4.69, 9.17) is 0 Å². The molecule has 148 valence electrons. The maximum absolute atomic E-state index is 13.3. The highest BCUT2D eigenvalue weighted by atomic mass is 32.2. The summed E-state index contributed by atoms with van der Waals surface area (Å²) >= 11 is 0. The molecule has 0 aromatic heterocycles. The van der Waals surface area contributed by atoms with E-state index in [1.54, 1.807) is 13.0 Å². The van der Waals surface area contributed by atoms with Crippen LogP contribution < -0.4 is 10.0 Å². The van der Waals surface area contributed by atoms with Crippen molar-refractivity contribution < 1.29 is 21.6 Å². The number of halogens is 3. The Bertz CT molecular complexity index is 914. The molecule has 0 spiro atoms. The van der Waals surface area contributed by atoms with Gasteiger partial charge in [-0.2, -0.15) is 13.2 Å². The lowest BCUT2D eigenvalue weighted by Gasteiger charge is -2.17. The number of nitrogens with one attached hydrogen (secondary N) is 2. The van der Waals surface area contributed by atoms with E-state index in [0.29, 0.717) is 5.56 Å². The molecule has 5 nitrogen and oxygen atoms in total. The maximum atomic E-state index is 13.3. The highest BCUT2D eigenvalue weighted by Crippen LogP contribution is 2.32. The van der Waals surface area contributed by atoms with Crippen LogP contribution in [-0.4, -0.2) is 20.4 Å². The molecule has 0 unspecified atom stereocenters. The topological polar surface area (TPSA) is 70.6 Å². The van der Waals surface area contributed by atoms with Gasteiger partial charge in [-0.05, 0) is 45.4 Å². The molecule has 9 heteroatoms. The number of rotatable bonds is 6. The third kappa shape index (κ3) is 6.28. The van der Waals surface area contributed by atoms with Gasteiger partial charge in [-0.15, -0.1) is 0 Å². The van der Waals surface area contributed by atoms with Crippen LogP contribution in [0.3, 0.4) is 0 Å². The second-order valence-corrected chi connectivity index (χ2v) is 7.80. The molecular weight excluding hydrogens is 379 g/mol. The van der Waals surface area contributed by atoms with Crippen molar-refractivity contribution in [2.75, 3.05) is 4.72 Å². The zero-order valence-corrected chi connectivity index (χ0v) is 16.3.